The van der Waals surface area contributed by atoms with E-state index in [0.29, 0.717) is 35.9 Å². The van der Waals surface area contributed by atoms with E-state index < -0.39 is 34.3 Å². The molecular formula is C31H37ClFN3O5S. The number of nitrogens with one attached hydrogen (secondary N) is 1. The lowest BCUT2D eigenvalue weighted by Gasteiger charge is -2.33. The fraction of sp³-hybridized carbons (Fsp3) is 0.355. The molecule has 1 atom stereocenters. The third-order valence-corrected chi connectivity index (χ3v) is 8.79. The van der Waals surface area contributed by atoms with Crippen LogP contribution in [-0.4, -0.2) is 50.9 Å². The highest BCUT2D eigenvalue weighted by atomic mass is 35.5. The molecule has 0 aromatic heterocycles. The van der Waals surface area contributed by atoms with Crippen LogP contribution in [0.25, 0.3) is 0 Å². The van der Waals surface area contributed by atoms with Crippen molar-refractivity contribution in [3.63, 3.8) is 0 Å². The Labute approximate surface area is 252 Å². The largest absolute Gasteiger partial charge is 0.494 e. The predicted octanol–water partition coefficient (Wildman–Crippen LogP) is 5.80. The summed E-state index contributed by atoms with van der Waals surface area (Å²) in [4.78, 5) is 28.5. The second-order valence-corrected chi connectivity index (χ2v) is 11.8. The van der Waals surface area contributed by atoms with Crippen molar-refractivity contribution in [3.8, 4) is 5.75 Å². The lowest BCUT2D eigenvalue weighted by molar-refractivity contribution is -0.140. The molecule has 226 valence electrons. The van der Waals surface area contributed by atoms with Crippen LogP contribution in [0.1, 0.15) is 45.6 Å². The normalized spacial score (nSPS) is 11.9. The van der Waals surface area contributed by atoms with Crippen LogP contribution < -0.4 is 14.4 Å². The van der Waals surface area contributed by atoms with E-state index in [1.165, 1.54) is 17.0 Å². The second-order valence-electron chi connectivity index (χ2n) is 9.57. The van der Waals surface area contributed by atoms with E-state index in [0.717, 1.165) is 41.4 Å². The Balaban J connectivity index is 2.05. The Morgan fingerprint density at radius 3 is 2.24 bits per heavy atom. The van der Waals surface area contributed by atoms with Gasteiger partial charge in [-0.2, -0.15) is 0 Å². The highest BCUT2D eigenvalue weighted by molar-refractivity contribution is 7.92. The van der Waals surface area contributed by atoms with Crippen LogP contribution in [0.4, 0.5) is 10.1 Å². The van der Waals surface area contributed by atoms with E-state index in [-0.39, 0.29) is 23.0 Å². The average Bonchev–Trinajstić information content (AvgIpc) is 2.97. The maximum Gasteiger partial charge on any atom is 0.264 e. The molecule has 42 heavy (non-hydrogen) atoms. The molecule has 0 aliphatic carbocycles. The smallest absolute Gasteiger partial charge is 0.264 e. The van der Waals surface area contributed by atoms with Gasteiger partial charge >= 0.3 is 0 Å². The van der Waals surface area contributed by atoms with E-state index >= 15 is 0 Å². The number of sulfonamides is 1. The minimum atomic E-state index is -4.32. The molecule has 1 unspecified atom stereocenters. The lowest BCUT2D eigenvalue weighted by atomic mass is 10.1. The number of unbranched alkanes of at least 4 members (excludes halogenated alkanes) is 1. The fourth-order valence-electron chi connectivity index (χ4n) is 4.37. The minimum absolute atomic E-state index is 0.00801. The molecule has 3 aromatic rings. The molecule has 11 heteroatoms. The summed E-state index contributed by atoms with van der Waals surface area (Å²) in [5.74, 6) is -1.00. The molecule has 0 spiro atoms. The Kier molecular flexibility index (Phi) is 12.2. The van der Waals surface area contributed by atoms with Crippen molar-refractivity contribution in [3.05, 3.63) is 89.2 Å². The van der Waals surface area contributed by atoms with Gasteiger partial charge in [-0.3, -0.25) is 13.9 Å². The van der Waals surface area contributed by atoms with Gasteiger partial charge in [0.1, 0.15) is 24.2 Å². The van der Waals surface area contributed by atoms with E-state index in [9.17, 15) is 22.4 Å². The van der Waals surface area contributed by atoms with Crippen LogP contribution in [0.3, 0.4) is 0 Å². The number of halogens is 2. The first-order valence-electron chi connectivity index (χ1n) is 13.9. The Morgan fingerprint density at radius 2 is 1.64 bits per heavy atom. The van der Waals surface area contributed by atoms with E-state index in [4.69, 9.17) is 16.3 Å². The van der Waals surface area contributed by atoms with E-state index in [1.807, 2.05) is 13.8 Å². The molecule has 0 bridgehead atoms. The molecule has 0 radical (unpaired) electrons. The average molecular weight is 618 g/mol. The minimum Gasteiger partial charge on any atom is -0.494 e. The van der Waals surface area contributed by atoms with Crippen molar-refractivity contribution in [1.29, 1.82) is 0 Å². The van der Waals surface area contributed by atoms with E-state index in [2.05, 4.69) is 5.32 Å². The fourth-order valence-corrected chi connectivity index (χ4v) is 5.98. The lowest BCUT2D eigenvalue weighted by Crippen LogP contribution is -2.52. The Hall–Kier alpha value is -3.63. The molecule has 8 nitrogen and oxygen atoms in total. The summed E-state index contributed by atoms with van der Waals surface area (Å²) in [5.41, 5.74) is 0.815. The molecule has 0 aliphatic rings. The summed E-state index contributed by atoms with van der Waals surface area (Å²) < 4.78 is 47.9. The standard InChI is InChI=1S/C31H37ClFN3O5S/c1-4-7-20-34-31(38)29(5-2)35(21-23-10-8-9-11-28(23)32)30(37)22-36(25-14-16-26(17-15-25)41-6-3)42(39,40)27-18-12-24(33)13-19-27/h8-19,29H,4-7,20-22H2,1-3H3,(H,34,38). The van der Waals surface area contributed by atoms with Gasteiger partial charge in [-0.15, -0.1) is 0 Å². The number of anilines is 1. The van der Waals surface area contributed by atoms with Gasteiger partial charge in [-0.1, -0.05) is 50.1 Å². The number of rotatable bonds is 15. The zero-order chi connectivity index (χ0) is 30.7. The SMILES string of the molecule is CCCCNC(=O)C(CC)N(Cc1ccccc1Cl)C(=O)CN(c1ccc(OCC)cc1)S(=O)(=O)c1ccc(F)cc1. The number of carbonyl (C=O) groups excluding carboxylic acids is 2. The van der Waals surface area contributed by atoms with Crippen molar-refractivity contribution >= 4 is 39.1 Å². The zero-order valence-electron chi connectivity index (χ0n) is 24.1. The summed E-state index contributed by atoms with van der Waals surface area (Å²) in [5, 5.41) is 3.30. The van der Waals surface area contributed by atoms with Gasteiger partial charge in [0, 0.05) is 18.1 Å². The van der Waals surface area contributed by atoms with Gasteiger partial charge in [-0.25, -0.2) is 12.8 Å². The van der Waals surface area contributed by atoms with Crippen molar-refractivity contribution in [1.82, 2.24) is 10.2 Å². The highest BCUT2D eigenvalue weighted by Crippen LogP contribution is 2.27. The van der Waals surface area contributed by atoms with Gasteiger partial charge < -0.3 is 15.0 Å². The van der Waals surface area contributed by atoms with Crippen LogP contribution in [-0.2, 0) is 26.2 Å². The molecule has 0 aliphatic heterocycles. The third-order valence-electron chi connectivity index (χ3n) is 6.63. The van der Waals surface area contributed by atoms with Gasteiger partial charge in [0.25, 0.3) is 10.0 Å². The highest BCUT2D eigenvalue weighted by Gasteiger charge is 2.34. The first kappa shape index (κ1) is 32.9. The number of hydrogen-bond acceptors (Lipinski definition) is 5. The number of ether oxygens (including phenoxy) is 1. The van der Waals surface area contributed by atoms with E-state index in [1.54, 1.807) is 43.3 Å². The molecule has 1 N–H and O–H groups in total. The summed E-state index contributed by atoms with van der Waals surface area (Å²) >= 11 is 6.42. The Bertz CT molecular complexity index is 1440. The number of amides is 2. The predicted molar refractivity (Wildman–Crippen MR) is 163 cm³/mol. The van der Waals surface area contributed by atoms with Gasteiger partial charge in [0.15, 0.2) is 0 Å². The first-order chi connectivity index (χ1) is 20.1. The molecule has 0 saturated carbocycles. The van der Waals surface area contributed by atoms with Crippen LogP contribution in [0.2, 0.25) is 5.02 Å². The quantitative estimate of drug-likeness (QED) is 0.218. The topological polar surface area (TPSA) is 96.0 Å². The number of benzene rings is 3. The van der Waals surface area contributed by atoms with Gasteiger partial charge in [-0.05, 0) is 79.9 Å². The number of carbonyl (C=O) groups is 2. The molecule has 3 rings (SSSR count). The summed E-state index contributed by atoms with van der Waals surface area (Å²) in [7, 11) is -4.32. The molecule has 0 saturated heterocycles. The van der Waals surface area contributed by atoms with Gasteiger partial charge in [0.05, 0.1) is 17.2 Å². The third kappa shape index (κ3) is 8.45. The monoisotopic (exact) mass is 617 g/mol. The first-order valence-corrected chi connectivity index (χ1v) is 15.8. The molecule has 3 aromatic carbocycles. The number of nitrogens with zero attached hydrogens (tertiary/aromatic N) is 2. The molecule has 0 fully saturated rings. The molecule has 2 amide bonds. The van der Waals surface area contributed by atoms with Crippen LogP contribution >= 0.6 is 11.6 Å². The maximum absolute atomic E-state index is 14.1. The zero-order valence-corrected chi connectivity index (χ0v) is 25.6. The number of hydrogen-bond donors (Lipinski definition) is 1. The molecular weight excluding hydrogens is 581 g/mol. The van der Waals surface area contributed by atoms with Crippen molar-refractivity contribution in [2.24, 2.45) is 0 Å². The maximum atomic E-state index is 14.1. The van der Waals surface area contributed by atoms with Crippen molar-refractivity contribution in [2.75, 3.05) is 24.0 Å². The Morgan fingerprint density at radius 1 is 0.976 bits per heavy atom. The van der Waals surface area contributed by atoms with Crippen molar-refractivity contribution in [2.45, 2.75) is 57.5 Å². The molecule has 0 heterocycles. The second kappa shape index (κ2) is 15.6. The van der Waals surface area contributed by atoms with Crippen LogP contribution in [0.15, 0.2) is 77.7 Å². The summed E-state index contributed by atoms with van der Waals surface area (Å²) in [6.07, 6.45) is 1.96. The van der Waals surface area contributed by atoms with Crippen molar-refractivity contribution < 1.29 is 27.1 Å². The van der Waals surface area contributed by atoms with Crippen LogP contribution in [0, 0.1) is 5.82 Å². The summed E-state index contributed by atoms with van der Waals surface area (Å²) in [6.45, 7) is 5.88. The van der Waals surface area contributed by atoms with Gasteiger partial charge in [0.2, 0.25) is 11.8 Å². The summed E-state index contributed by atoms with van der Waals surface area (Å²) in [6, 6.07) is 16.8. The van der Waals surface area contributed by atoms with Crippen LogP contribution in [0.5, 0.6) is 5.75 Å².